The molecule has 0 spiro atoms. The van der Waals surface area contributed by atoms with Crippen LogP contribution in [0, 0.1) is 0 Å². The maximum Gasteiger partial charge on any atom is 0.251 e. The van der Waals surface area contributed by atoms with E-state index >= 15 is 0 Å². The number of benzene rings is 1. The van der Waals surface area contributed by atoms with Crippen molar-refractivity contribution in [1.29, 1.82) is 0 Å². The number of nitrogens with one attached hydrogen (secondary N) is 1. The molecule has 0 unspecified atom stereocenters. The lowest BCUT2D eigenvalue weighted by atomic mass is 10.1. The zero-order chi connectivity index (χ0) is 18.7. The van der Waals surface area contributed by atoms with Gasteiger partial charge in [-0.2, -0.15) is 4.31 Å². The number of amides is 1. The summed E-state index contributed by atoms with van der Waals surface area (Å²) >= 11 is 0. The molecule has 7 heteroatoms. The lowest BCUT2D eigenvalue weighted by Crippen LogP contribution is -2.42. The molecular weight excluding hydrogens is 352 g/mol. The van der Waals surface area contributed by atoms with Crippen LogP contribution in [0.3, 0.4) is 0 Å². The van der Waals surface area contributed by atoms with E-state index in [4.69, 9.17) is 4.74 Å². The van der Waals surface area contributed by atoms with Gasteiger partial charge in [0.1, 0.15) is 10.6 Å². The molecule has 1 aromatic rings. The van der Waals surface area contributed by atoms with Crippen molar-refractivity contribution in [2.45, 2.75) is 68.8 Å². The van der Waals surface area contributed by atoms with E-state index in [1.807, 2.05) is 6.92 Å². The van der Waals surface area contributed by atoms with Crippen molar-refractivity contribution >= 4 is 15.9 Å². The number of carbonyl (C=O) groups excluding carboxylic acids is 1. The van der Waals surface area contributed by atoms with Crippen molar-refractivity contribution < 1.29 is 17.9 Å². The molecule has 144 valence electrons. The quantitative estimate of drug-likeness (QED) is 0.852. The van der Waals surface area contributed by atoms with E-state index in [-0.39, 0.29) is 28.6 Å². The molecule has 1 aromatic carbocycles. The molecular formula is C19H28N2O4S. The normalized spacial score (nSPS) is 22.3. The predicted molar refractivity (Wildman–Crippen MR) is 99.9 cm³/mol. The Morgan fingerprint density at radius 3 is 2.50 bits per heavy atom. The van der Waals surface area contributed by atoms with Gasteiger partial charge in [-0.3, -0.25) is 4.79 Å². The summed E-state index contributed by atoms with van der Waals surface area (Å²) in [6, 6.07) is 4.80. The van der Waals surface area contributed by atoms with Crippen LogP contribution in [0.15, 0.2) is 23.1 Å². The van der Waals surface area contributed by atoms with Crippen molar-refractivity contribution in [2.24, 2.45) is 0 Å². The second-order valence-electron chi connectivity index (χ2n) is 7.28. The standard InChI is InChI=1S/C19H28N2O4S/c1-14-7-5-6-12-21(14)26(23,24)18-13-15(10-11-17(18)25-2)19(22)20-16-8-3-4-9-16/h10-11,13-14,16H,3-9,12H2,1-2H3,(H,20,22)/t14-/m1/s1. The number of rotatable bonds is 5. The molecule has 1 aliphatic carbocycles. The van der Waals surface area contributed by atoms with Crippen LogP contribution in [0.4, 0.5) is 0 Å². The summed E-state index contributed by atoms with van der Waals surface area (Å²) in [6.07, 6.45) is 6.96. The van der Waals surface area contributed by atoms with E-state index in [1.54, 1.807) is 12.1 Å². The Bertz CT molecular complexity index is 757. The van der Waals surface area contributed by atoms with Crippen LogP contribution in [-0.4, -0.2) is 44.4 Å². The smallest absolute Gasteiger partial charge is 0.251 e. The Labute approximate surface area is 156 Å². The fourth-order valence-electron chi connectivity index (χ4n) is 3.91. The van der Waals surface area contributed by atoms with Gasteiger partial charge in [-0.1, -0.05) is 19.3 Å². The summed E-state index contributed by atoms with van der Waals surface area (Å²) in [5.41, 5.74) is 0.362. The SMILES string of the molecule is COc1ccc(C(=O)NC2CCCC2)cc1S(=O)(=O)N1CCCC[C@H]1C. The average molecular weight is 381 g/mol. The lowest BCUT2D eigenvalue weighted by Gasteiger charge is -2.32. The minimum absolute atomic E-state index is 0.0468. The topological polar surface area (TPSA) is 75.7 Å². The Balaban J connectivity index is 1.90. The molecule has 2 aliphatic rings. The number of piperidine rings is 1. The third-order valence-electron chi connectivity index (χ3n) is 5.44. The summed E-state index contributed by atoms with van der Waals surface area (Å²) in [5, 5.41) is 3.01. The molecule has 3 rings (SSSR count). The molecule has 1 saturated heterocycles. The number of nitrogens with zero attached hydrogens (tertiary/aromatic N) is 1. The first-order chi connectivity index (χ1) is 12.4. The lowest BCUT2D eigenvalue weighted by molar-refractivity contribution is 0.0937. The highest BCUT2D eigenvalue weighted by Gasteiger charge is 2.33. The van der Waals surface area contributed by atoms with Gasteiger partial charge in [0.15, 0.2) is 0 Å². The molecule has 1 atom stereocenters. The third-order valence-corrected chi connectivity index (χ3v) is 7.48. The minimum atomic E-state index is -3.71. The van der Waals surface area contributed by atoms with Crippen molar-refractivity contribution in [2.75, 3.05) is 13.7 Å². The second-order valence-corrected chi connectivity index (χ2v) is 9.14. The molecule has 1 aliphatic heterocycles. The number of hydrogen-bond acceptors (Lipinski definition) is 4. The molecule has 1 N–H and O–H groups in total. The van der Waals surface area contributed by atoms with Gasteiger partial charge in [-0.15, -0.1) is 0 Å². The van der Waals surface area contributed by atoms with Crippen LogP contribution < -0.4 is 10.1 Å². The van der Waals surface area contributed by atoms with Crippen LogP contribution >= 0.6 is 0 Å². The average Bonchev–Trinajstić information content (AvgIpc) is 3.14. The highest BCUT2D eigenvalue weighted by atomic mass is 32.2. The monoisotopic (exact) mass is 380 g/mol. The first-order valence-corrected chi connectivity index (χ1v) is 10.9. The van der Waals surface area contributed by atoms with Crippen LogP contribution in [-0.2, 0) is 10.0 Å². The zero-order valence-electron chi connectivity index (χ0n) is 15.5. The maximum atomic E-state index is 13.2. The van der Waals surface area contributed by atoms with Crippen LogP contribution in [0.2, 0.25) is 0 Å². The fraction of sp³-hybridized carbons (Fsp3) is 0.632. The van der Waals surface area contributed by atoms with Crippen LogP contribution in [0.25, 0.3) is 0 Å². The number of ether oxygens (including phenoxy) is 1. The Hall–Kier alpha value is -1.60. The van der Waals surface area contributed by atoms with E-state index in [0.717, 1.165) is 44.9 Å². The molecule has 2 fully saturated rings. The minimum Gasteiger partial charge on any atom is -0.495 e. The molecule has 26 heavy (non-hydrogen) atoms. The van der Waals surface area contributed by atoms with E-state index in [9.17, 15) is 13.2 Å². The molecule has 0 aromatic heterocycles. The molecule has 1 saturated carbocycles. The van der Waals surface area contributed by atoms with E-state index < -0.39 is 10.0 Å². The highest BCUT2D eigenvalue weighted by Crippen LogP contribution is 2.31. The maximum absolute atomic E-state index is 13.2. The van der Waals surface area contributed by atoms with Gasteiger partial charge in [-0.25, -0.2) is 8.42 Å². The van der Waals surface area contributed by atoms with Crippen molar-refractivity contribution in [3.63, 3.8) is 0 Å². The fourth-order valence-corrected chi connectivity index (χ4v) is 5.80. The summed E-state index contributed by atoms with van der Waals surface area (Å²) in [5.74, 6) is 0.0582. The predicted octanol–water partition coefficient (Wildman–Crippen LogP) is 2.93. The van der Waals surface area contributed by atoms with E-state index in [1.165, 1.54) is 17.5 Å². The van der Waals surface area contributed by atoms with Crippen LogP contribution in [0.1, 0.15) is 62.2 Å². The number of carbonyl (C=O) groups is 1. The van der Waals surface area contributed by atoms with Crippen molar-refractivity contribution in [1.82, 2.24) is 9.62 Å². The molecule has 6 nitrogen and oxygen atoms in total. The molecule has 0 bridgehead atoms. The second kappa shape index (κ2) is 7.96. The van der Waals surface area contributed by atoms with Crippen LogP contribution in [0.5, 0.6) is 5.75 Å². The Kier molecular flexibility index (Phi) is 5.87. The summed E-state index contributed by atoms with van der Waals surface area (Å²) in [7, 11) is -2.26. The Morgan fingerprint density at radius 1 is 1.15 bits per heavy atom. The van der Waals surface area contributed by atoms with Crippen molar-refractivity contribution in [3.05, 3.63) is 23.8 Å². The number of methoxy groups -OCH3 is 1. The summed E-state index contributed by atoms with van der Waals surface area (Å²) in [6.45, 7) is 2.44. The molecule has 1 heterocycles. The van der Waals surface area contributed by atoms with Crippen molar-refractivity contribution in [3.8, 4) is 5.75 Å². The first kappa shape index (κ1) is 19.2. The summed E-state index contributed by atoms with van der Waals surface area (Å²) in [4.78, 5) is 12.6. The number of hydrogen-bond donors (Lipinski definition) is 1. The molecule has 1 amide bonds. The van der Waals surface area contributed by atoms with Gasteiger partial charge in [0, 0.05) is 24.2 Å². The Morgan fingerprint density at radius 2 is 1.85 bits per heavy atom. The summed E-state index contributed by atoms with van der Waals surface area (Å²) < 4.78 is 33.2. The van der Waals surface area contributed by atoms with Gasteiger partial charge < -0.3 is 10.1 Å². The van der Waals surface area contributed by atoms with E-state index in [2.05, 4.69) is 5.32 Å². The molecule has 0 radical (unpaired) electrons. The van der Waals surface area contributed by atoms with Gasteiger partial charge in [0.05, 0.1) is 7.11 Å². The first-order valence-electron chi connectivity index (χ1n) is 9.44. The van der Waals surface area contributed by atoms with Gasteiger partial charge in [-0.05, 0) is 50.8 Å². The highest BCUT2D eigenvalue weighted by molar-refractivity contribution is 7.89. The van der Waals surface area contributed by atoms with E-state index in [0.29, 0.717) is 12.1 Å². The largest absolute Gasteiger partial charge is 0.495 e. The zero-order valence-corrected chi connectivity index (χ0v) is 16.3. The number of sulfonamides is 1. The third kappa shape index (κ3) is 3.88. The van der Waals surface area contributed by atoms with Gasteiger partial charge in [0.2, 0.25) is 10.0 Å². The van der Waals surface area contributed by atoms with Gasteiger partial charge in [0.25, 0.3) is 5.91 Å². The van der Waals surface area contributed by atoms with Gasteiger partial charge >= 0.3 is 0 Å².